The van der Waals surface area contributed by atoms with Crippen LogP contribution in [0.1, 0.15) is 30.7 Å². The van der Waals surface area contributed by atoms with Gasteiger partial charge in [0.25, 0.3) is 0 Å². The van der Waals surface area contributed by atoms with Crippen molar-refractivity contribution in [3.05, 3.63) is 120 Å². The fourth-order valence-electron chi connectivity index (χ4n) is 4.57. The summed E-state index contributed by atoms with van der Waals surface area (Å²) in [5, 5.41) is 0. The Hall–Kier alpha value is -3.95. The van der Waals surface area contributed by atoms with Gasteiger partial charge in [-0.15, -0.1) is 0 Å². The van der Waals surface area contributed by atoms with Crippen molar-refractivity contribution in [2.75, 3.05) is 20.2 Å². The van der Waals surface area contributed by atoms with Crippen LogP contribution in [0.4, 0.5) is 4.39 Å². The lowest BCUT2D eigenvalue weighted by molar-refractivity contribution is -0.132. The highest BCUT2D eigenvalue weighted by molar-refractivity contribution is 7.89. The minimum atomic E-state index is -3.94. The highest BCUT2D eigenvalue weighted by Gasteiger charge is 2.29. The zero-order valence-corrected chi connectivity index (χ0v) is 24.4. The molecule has 0 aliphatic carbocycles. The van der Waals surface area contributed by atoms with Gasteiger partial charge in [0, 0.05) is 31.5 Å². The molecule has 0 unspecified atom stereocenters. The van der Waals surface area contributed by atoms with Crippen LogP contribution in [0.2, 0.25) is 0 Å². The van der Waals surface area contributed by atoms with E-state index in [-0.39, 0.29) is 42.2 Å². The molecule has 1 aromatic heterocycles. The van der Waals surface area contributed by atoms with Gasteiger partial charge >= 0.3 is 0 Å². The van der Waals surface area contributed by atoms with Crippen molar-refractivity contribution < 1.29 is 22.3 Å². The van der Waals surface area contributed by atoms with Gasteiger partial charge < -0.3 is 14.2 Å². The Balaban J connectivity index is 1.60. The Morgan fingerprint density at radius 2 is 1.56 bits per heavy atom. The van der Waals surface area contributed by atoms with Crippen molar-refractivity contribution in [2.24, 2.45) is 5.92 Å². The summed E-state index contributed by atoms with van der Waals surface area (Å²) < 4.78 is 49.2. The normalized spacial score (nSPS) is 11.7. The number of rotatable bonds is 13. The van der Waals surface area contributed by atoms with Crippen molar-refractivity contribution >= 4 is 15.9 Å². The van der Waals surface area contributed by atoms with E-state index in [0.29, 0.717) is 18.8 Å². The van der Waals surface area contributed by atoms with E-state index in [4.69, 9.17) is 4.74 Å². The lowest BCUT2D eigenvalue weighted by Gasteiger charge is -2.29. The van der Waals surface area contributed by atoms with Crippen molar-refractivity contribution in [3.63, 3.8) is 0 Å². The second-order valence-corrected chi connectivity index (χ2v) is 12.3. The second kappa shape index (κ2) is 13.6. The van der Waals surface area contributed by atoms with Gasteiger partial charge in [0.05, 0.1) is 25.1 Å². The second-order valence-electron chi connectivity index (χ2n) is 10.4. The standard InChI is InChI=1S/C32H36FN3O4S/c1-25(2)20-36(41(38,39)31-17-15-30(40-3)16-18-31)24-32(37)35(22-26-8-5-4-6-9-26)23-29-10-7-19-34(29)21-27-11-13-28(33)14-12-27/h4-19,25H,20-24H2,1-3H3. The fraction of sp³-hybridized carbons (Fsp3) is 0.281. The first-order valence-electron chi connectivity index (χ1n) is 13.5. The fourth-order valence-corrected chi connectivity index (χ4v) is 6.12. The van der Waals surface area contributed by atoms with Crippen molar-refractivity contribution in [1.29, 1.82) is 0 Å². The molecule has 0 atom stereocenters. The van der Waals surface area contributed by atoms with Gasteiger partial charge in [-0.2, -0.15) is 4.31 Å². The molecule has 1 amide bonds. The molecule has 7 nitrogen and oxygen atoms in total. The maximum atomic E-state index is 13.9. The van der Waals surface area contributed by atoms with E-state index in [1.807, 2.05) is 67.1 Å². The molecule has 4 aromatic rings. The number of carbonyl (C=O) groups excluding carboxylic acids is 1. The average Bonchev–Trinajstić information content (AvgIpc) is 3.40. The molecular weight excluding hydrogens is 541 g/mol. The third kappa shape index (κ3) is 8.05. The van der Waals surface area contributed by atoms with Gasteiger partial charge in [-0.25, -0.2) is 12.8 Å². The maximum Gasteiger partial charge on any atom is 0.243 e. The Morgan fingerprint density at radius 1 is 0.878 bits per heavy atom. The third-order valence-electron chi connectivity index (χ3n) is 6.69. The van der Waals surface area contributed by atoms with E-state index in [2.05, 4.69) is 0 Å². The van der Waals surface area contributed by atoms with Crippen molar-refractivity contribution in [3.8, 4) is 5.75 Å². The molecule has 0 fully saturated rings. The van der Waals surface area contributed by atoms with E-state index >= 15 is 0 Å². The van der Waals surface area contributed by atoms with Gasteiger partial charge in [0.2, 0.25) is 15.9 Å². The van der Waals surface area contributed by atoms with Crippen molar-refractivity contribution in [1.82, 2.24) is 13.8 Å². The summed E-state index contributed by atoms with van der Waals surface area (Å²) in [6.07, 6.45) is 1.92. The van der Waals surface area contributed by atoms with Crippen LogP contribution in [0.5, 0.6) is 5.75 Å². The molecule has 0 N–H and O–H groups in total. The molecule has 0 saturated carbocycles. The van der Waals surface area contributed by atoms with E-state index in [9.17, 15) is 17.6 Å². The van der Waals surface area contributed by atoms with Crippen LogP contribution in [0.3, 0.4) is 0 Å². The predicted octanol–water partition coefficient (Wildman–Crippen LogP) is 5.56. The molecule has 0 spiro atoms. The summed E-state index contributed by atoms with van der Waals surface area (Å²) >= 11 is 0. The summed E-state index contributed by atoms with van der Waals surface area (Å²) in [4.78, 5) is 15.7. The van der Waals surface area contributed by atoms with Gasteiger partial charge in [0.1, 0.15) is 11.6 Å². The van der Waals surface area contributed by atoms with Crippen LogP contribution in [0.15, 0.2) is 102 Å². The first-order chi connectivity index (χ1) is 19.7. The van der Waals surface area contributed by atoms with E-state index < -0.39 is 10.0 Å². The summed E-state index contributed by atoms with van der Waals surface area (Å²) in [5.41, 5.74) is 2.75. The number of hydrogen-bond acceptors (Lipinski definition) is 4. The van der Waals surface area contributed by atoms with Crippen LogP contribution in [0.25, 0.3) is 0 Å². The van der Waals surface area contributed by atoms with Crippen LogP contribution >= 0.6 is 0 Å². The maximum absolute atomic E-state index is 13.9. The Bertz CT molecular complexity index is 1520. The van der Waals surface area contributed by atoms with E-state index in [0.717, 1.165) is 16.8 Å². The average molecular weight is 578 g/mol. The minimum absolute atomic E-state index is 0.00587. The molecule has 0 aliphatic rings. The number of methoxy groups -OCH3 is 1. The van der Waals surface area contributed by atoms with Crippen LogP contribution in [0, 0.1) is 11.7 Å². The highest BCUT2D eigenvalue weighted by Crippen LogP contribution is 2.22. The Morgan fingerprint density at radius 3 is 2.20 bits per heavy atom. The SMILES string of the molecule is COc1ccc(S(=O)(=O)N(CC(=O)N(Cc2ccccc2)Cc2cccn2Cc2ccc(F)cc2)CC(C)C)cc1. The van der Waals surface area contributed by atoms with E-state index in [1.165, 1.54) is 35.7 Å². The van der Waals surface area contributed by atoms with Gasteiger partial charge in [0.15, 0.2) is 0 Å². The molecule has 1 heterocycles. The molecule has 216 valence electrons. The monoisotopic (exact) mass is 577 g/mol. The summed E-state index contributed by atoms with van der Waals surface area (Å²) in [5.74, 6) is -0.0442. The number of aromatic nitrogens is 1. The predicted molar refractivity (Wildman–Crippen MR) is 157 cm³/mol. The third-order valence-corrected chi connectivity index (χ3v) is 8.52. The molecule has 3 aromatic carbocycles. The topological polar surface area (TPSA) is 71.8 Å². The van der Waals surface area contributed by atoms with E-state index in [1.54, 1.807) is 29.2 Å². The lowest BCUT2D eigenvalue weighted by Crippen LogP contribution is -2.44. The Labute approximate surface area is 241 Å². The number of benzene rings is 3. The van der Waals surface area contributed by atoms with Gasteiger partial charge in [-0.05, 0) is 65.6 Å². The number of nitrogens with zero attached hydrogens (tertiary/aromatic N) is 3. The molecule has 0 radical (unpaired) electrons. The summed E-state index contributed by atoms with van der Waals surface area (Å²) in [7, 11) is -2.42. The smallest absolute Gasteiger partial charge is 0.243 e. The van der Waals surface area contributed by atoms with Crippen molar-refractivity contribution in [2.45, 2.75) is 38.4 Å². The molecule has 41 heavy (non-hydrogen) atoms. The number of carbonyl (C=O) groups is 1. The number of amides is 1. The number of hydrogen-bond donors (Lipinski definition) is 0. The van der Waals surface area contributed by atoms with Crippen LogP contribution in [-0.2, 0) is 34.5 Å². The quantitative estimate of drug-likeness (QED) is 0.209. The minimum Gasteiger partial charge on any atom is -0.497 e. The molecular formula is C32H36FN3O4S. The number of halogens is 1. The first-order valence-corrected chi connectivity index (χ1v) is 14.9. The molecule has 4 rings (SSSR count). The lowest BCUT2D eigenvalue weighted by atomic mass is 10.2. The largest absolute Gasteiger partial charge is 0.497 e. The molecule has 0 saturated heterocycles. The molecule has 0 bridgehead atoms. The zero-order valence-electron chi connectivity index (χ0n) is 23.6. The molecule has 9 heteroatoms. The number of ether oxygens (including phenoxy) is 1. The van der Waals surface area contributed by atoms with Gasteiger partial charge in [-0.3, -0.25) is 4.79 Å². The van der Waals surface area contributed by atoms with Crippen LogP contribution in [-0.4, -0.2) is 48.3 Å². The zero-order chi connectivity index (χ0) is 29.4. The highest BCUT2D eigenvalue weighted by atomic mass is 32.2. The Kier molecular flexibility index (Phi) is 9.96. The molecule has 0 aliphatic heterocycles. The summed E-state index contributed by atoms with van der Waals surface area (Å²) in [6.45, 7) is 4.86. The van der Waals surface area contributed by atoms with Crippen LogP contribution < -0.4 is 4.74 Å². The first kappa shape index (κ1) is 30.0. The summed E-state index contributed by atoms with van der Waals surface area (Å²) in [6, 6.07) is 26.0. The van der Waals surface area contributed by atoms with Gasteiger partial charge in [-0.1, -0.05) is 56.3 Å². The number of sulfonamides is 1.